The van der Waals surface area contributed by atoms with E-state index in [0.717, 1.165) is 29.1 Å². The van der Waals surface area contributed by atoms with Crippen molar-refractivity contribution in [2.24, 2.45) is 5.92 Å². The average Bonchev–Trinajstić information content (AvgIpc) is 3.51. The Hall–Kier alpha value is -3.15. The molecule has 5 nitrogen and oxygen atoms in total. The molecule has 0 radical (unpaired) electrons. The summed E-state index contributed by atoms with van der Waals surface area (Å²) in [6.45, 7) is 4.63. The minimum absolute atomic E-state index is 0.0155. The van der Waals surface area contributed by atoms with E-state index in [1.165, 1.54) is 18.9 Å². The summed E-state index contributed by atoms with van der Waals surface area (Å²) in [5.74, 6) is 0.788. The molecule has 1 fully saturated rings. The van der Waals surface area contributed by atoms with Gasteiger partial charge < -0.3 is 10.1 Å². The van der Waals surface area contributed by atoms with Gasteiger partial charge in [0.2, 0.25) is 11.8 Å². The minimum atomic E-state index is -0.444. The first kappa shape index (κ1) is 20.1. The smallest absolute Gasteiger partial charge is 0.226 e. The first-order chi connectivity index (χ1) is 14.5. The van der Waals surface area contributed by atoms with Crippen molar-refractivity contribution in [1.82, 2.24) is 15.1 Å². The molecule has 6 heteroatoms. The lowest BCUT2D eigenvalue weighted by Crippen LogP contribution is -2.25. The number of carbonyl (C=O) groups excluding carboxylic acids is 1. The Balaban J connectivity index is 1.65. The number of benzene rings is 2. The number of para-hydroxylation sites is 2. The molecule has 0 bridgehead atoms. The highest BCUT2D eigenvalue weighted by Gasteiger charge is 2.23. The molecule has 0 spiro atoms. The molecule has 4 rings (SSSR count). The molecule has 3 aromatic rings. The second kappa shape index (κ2) is 8.69. The summed E-state index contributed by atoms with van der Waals surface area (Å²) in [4.78, 5) is 12.3. The standard InChI is InChI=1S/C24H26FN3O2/c1-16-7-3-5-9-21(16)28-24(30-22-10-6-4-8-20(22)25)19(17(2)27-28)13-14-23(29)26-15-18-11-12-18/h3-10,18H,11-15H2,1-2H3,(H,26,29). The van der Waals surface area contributed by atoms with Crippen molar-refractivity contribution in [1.29, 1.82) is 0 Å². The third kappa shape index (κ3) is 4.53. The maximum Gasteiger partial charge on any atom is 0.226 e. The van der Waals surface area contributed by atoms with Crippen molar-refractivity contribution in [3.63, 3.8) is 0 Å². The first-order valence-electron chi connectivity index (χ1n) is 10.4. The lowest BCUT2D eigenvalue weighted by molar-refractivity contribution is -0.121. The van der Waals surface area contributed by atoms with Gasteiger partial charge in [-0.2, -0.15) is 9.78 Å². The van der Waals surface area contributed by atoms with Gasteiger partial charge in [0, 0.05) is 18.5 Å². The van der Waals surface area contributed by atoms with Crippen molar-refractivity contribution < 1.29 is 13.9 Å². The molecule has 1 saturated carbocycles. The van der Waals surface area contributed by atoms with Crippen LogP contribution in [0, 0.1) is 25.6 Å². The largest absolute Gasteiger partial charge is 0.436 e. The van der Waals surface area contributed by atoms with E-state index in [2.05, 4.69) is 10.4 Å². The molecule has 0 saturated heterocycles. The van der Waals surface area contributed by atoms with Crippen LogP contribution in [-0.2, 0) is 11.2 Å². The van der Waals surface area contributed by atoms with Crippen LogP contribution in [0.5, 0.6) is 11.6 Å². The third-order valence-corrected chi connectivity index (χ3v) is 5.41. The van der Waals surface area contributed by atoms with E-state index >= 15 is 0 Å². The van der Waals surface area contributed by atoms with E-state index in [0.29, 0.717) is 24.6 Å². The fourth-order valence-electron chi connectivity index (χ4n) is 3.43. The molecule has 0 atom stereocenters. The highest BCUT2D eigenvalue weighted by Crippen LogP contribution is 2.33. The summed E-state index contributed by atoms with van der Waals surface area (Å²) in [6, 6.07) is 14.1. The molecule has 1 heterocycles. The second-order valence-electron chi connectivity index (χ2n) is 7.85. The summed E-state index contributed by atoms with van der Waals surface area (Å²) < 4.78 is 22.0. The van der Waals surface area contributed by atoms with Gasteiger partial charge in [0.15, 0.2) is 11.6 Å². The molecular formula is C24H26FN3O2. The summed E-state index contributed by atoms with van der Waals surface area (Å²) in [7, 11) is 0. The van der Waals surface area contributed by atoms with Crippen LogP contribution in [0.25, 0.3) is 5.69 Å². The van der Waals surface area contributed by atoms with Crippen molar-refractivity contribution >= 4 is 5.91 Å². The highest BCUT2D eigenvalue weighted by molar-refractivity contribution is 5.76. The summed E-state index contributed by atoms with van der Waals surface area (Å²) in [6.07, 6.45) is 3.20. The Morgan fingerprint density at radius 3 is 2.63 bits per heavy atom. The van der Waals surface area contributed by atoms with Crippen molar-refractivity contribution in [2.75, 3.05) is 6.54 Å². The first-order valence-corrected chi connectivity index (χ1v) is 10.4. The SMILES string of the molecule is Cc1ccccc1-n1nc(C)c(CCC(=O)NCC2CC2)c1Oc1ccccc1F. The maximum atomic E-state index is 14.3. The number of hydrogen-bond donors (Lipinski definition) is 1. The molecule has 0 unspecified atom stereocenters. The molecule has 2 aromatic carbocycles. The topological polar surface area (TPSA) is 56.2 Å². The Morgan fingerprint density at radius 1 is 1.17 bits per heavy atom. The minimum Gasteiger partial charge on any atom is -0.436 e. The molecule has 1 aliphatic carbocycles. The monoisotopic (exact) mass is 407 g/mol. The Labute approximate surface area is 175 Å². The molecule has 0 aliphatic heterocycles. The number of rotatable bonds is 8. The van der Waals surface area contributed by atoms with Crippen LogP contribution in [0.15, 0.2) is 48.5 Å². The molecule has 30 heavy (non-hydrogen) atoms. The predicted octanol–water partition coefficient (Wildman–Crippen LogP) is 4.88. The van der Waals surface area contributed by atoms with Crippen LogP contribution >= 0.6 is 0 Å². The van der Waals surface area contributed by atoms with Crippen LogP contribution in [0.3, 0.4) is 0 Å². The van der Waals surface area contributed by atoms with Crippen LogP contribution in [0.2, 0.25) is 0 Å². The van der Waals surface area contributed by atoms with Gasteiger partial charge in [0.05, 0.1) is 11.4 Å². The van der Waals surface area contributed by atoms with Gasteiger partial charge in [-0.3, -0.25) is 4.79 Å². The molecule has 1 aromatic heterocycles. The fourth-order valence-corrected chi connectivity index (χ4v) is 3.43. The van der Waals surface area contributed by atoms with Gasteiger partial charge in [-0.25, -0.2) is 4.39 Å². The number of carbonyl (C=O) groups is 1. The zero-order chi connectivity index (χ0) is 21.1. The summed E-state index contributed by atoms with van der Waals surface area (Å²) in [5, 5.41) is 7.66. The van der Waals surface area contributed by atoms with Crippen molar-refractivity contribution in [3.8, 4) is 17.3 Å². The van der Waals surface area contributed by atoms with Gasteiger partial charge in [-0.05, 0) is 62.8 Å². The lowest BCUT2D eigenvalue weighted by atomic mass is 10.1. The van der Waals surface area contributed by atoms with E-state index in [1.807, 2.05) is 38.1 Å². The van der Waals surface area contributed by atoms with E-state index in [4.69, 9.17) is 4.74 Å². The molecular weight excluding hydrogens is 381 g/mol. The highest BCUT2D eigenvalue weighted by atomic mass is 19.1. The summed E-state index contributed by atoms with van der Waals surface area (Å²) in [5.41, 5.74) is 3.45. The van der Waals surface area contributed by atoms with Gasteiger partial charge in [0.1, 0.15) is 0 Å². The Morgan fingerprint density at radius 2 is 1.90 bits per heavy atom. The van der Waals surface area contributed by atoms with Gasteiger partial charge in [0.25, 0.3) is 0 Å². The van der Waals surface area contributed by atoms with Crippen LogP contribution in [0.4, 0.5) is 4.39 Å². The maximum absolute atomic E-state index is 14.3. The average molecular weight is 407 g/mol. The zero-order valence-electron chi connectivity index (χ0n) is 17.3. The fraction of sp³-hybridized carbons (Fsp3) is 0.333. The summed E-state index contributed by atoms with van der Waals surface area (Å²) >= 11 is 0. The predicted molar refractivity (Wildman–Crippen MR) is 114 cm³/mol. The number of hydrogen-bond acceptors (Lipinski definition) is 3. The van der Waals surface area contributed by atoms with E-state index in [1.54, 1.807) is 22.9 Å². The molecule has 1 amide bonds. The Bertz CT molecular complexity index is 1060. The quantitative estimate of drug-likeness (QED) is 0.579. The number of ether oxygens (including phenoxy) is 1. The van der Waals surface area contributed by atoms with E-state index in [9.17, 15) is 9.18 Å². The molecule has 1 N–H and O–H groups in total. The zero-order valence-corrected chi connectivity index (χ0v) is 17.3. The normalized spacial score (nSPS) is 13.3. The van der Waals surface area contributed by atoms with E-state index in [-0.39, 0.29) is 11.7 Å². The number of nitrogens with one attached hydrogen (secondary N) is 1. The lowest BCUT2D eigenvalue weighted by Gasteiger charge is -2.13. The van der Waals surface area contributed by atoms with Gasteiger partial charge >= 0.3 is 0 Å². The molecule has 1 aliphatic rings. The van der Waals surface area contributed by atoms with Crippen LogP contribution in [0.1, 0.15) is 36.1 Å². The Kier molecular flexibility index (Phi) is 5.84. The van der Waals surface area contributed by atoms with Crippen molar-refractivity contribution in [3.05, 3.63) is 71.2 Å². The van der Waals surface area contributed by atoms with E-state index < -0.39 is 5.82 Å². The van der Waals surface area contributed by atoms with Gasteiger partial charge in [-0.15, -0.1) is 0 Å². The number of amides is 1. The third-order valence-electron chi connectivity index (χ3n) is 5.41. The number of aromatic nitrogens is 2. The van der Waals surface area contributed by atoms with Crippen molar-refractivity contribution in [2.45, 2.75) is 39.5 Å². The van der Waals surface area contributed by atoms with Crippen LogP contribution in [-0.4, -0.2) is 22.2 Å². The number of nitrogens with zero attached hydrogens (tertiary/aromatic N) is 2. The molecule has 156 valence electrons. The van der Waals surface area contributed by atoms with Gasteiger partial charge in [-0.1, -0.05) is 30.3 Å². The number of aryl methyl sites for hydroxylation is 2. The second-order valence-corrected chi connectivity index (χ2v) is 7.85. The van der Waals surface area contributed by atoms with Crippen LogP contribution < -0.4 is 10.1 Å². The number of halogens is 1.